The van der Waals surface area contributed by atoms with Crippen LogP contribution >= 0.6 is 0 Å². The van der Waals surface area contributed by atoms with E-state index < -0.39 is 10.0 Å². The molecule has 0 radical (unpaired) electrons. The fraction of sp³-hybridized carbons (Fsp3) is 0.450. The van der Waals surface area contributed by atoms with Crippen molar-refractivity contribution < 1.29 is 13.2 Å². The van der Waals surface area contributed by atoms with E-state index in [1.54, 1.807) is 44.2 Å². The summed E-state index contributed by atoms with van der Waals surface area (Å²) >= 11 is 0. The van der Waals surface area contributed by atoms with Gasteiger partial charge < -0.3 is 9.47 Å². The summed E-state index contributed by atoms with van der Waals surface area (Å²) < 4.78 is 29.4. The topological polar surface area (TPSA) is 62.6 Å². The van der Waals surface area contributed by atoms with E-state index >= 15 is 0 Å². The van der Waals surface area contributed by atoms with Crippen molar-refractivity contribution >= 4 is 15.9 Å². The molecule has 6 nitrogen and oxygen atoms in total. The fourth-order valence-corrected chi connectivity index (χ4v) is 4.75. The molecule has 2 aromatic rings. The Labute approximate surface area is 161 Å². The second-order valence-corrected chi connectivity index (χ2v) is 9.21. The largest absolute Gasteiger partial charge is 0.353 e. The predicted octanol–water partition coefficient (Wildman–Crippen LogP) is 2.62. The van der Waals surface area contributed by atoms with Gasteiger partial charge in [0.15, 0.2) is 0 Å². The first kappa shape index (κ1) is 19.6. The summed E-state index contributed by atoms with van der Waals surface area (Å²) in [5, 5.41) is 0. The predicted molar refractivity (Wildman–Crippen MR) is 104 cm³/mol. The van der Waals surface area contributed by atoms with Crippen LogP contribution in [0.15, 0.2) is 53.6 Å². The molecular formula is C20H27N3O3S. The zero-order valence-corrected chi connectivity index (χ0v) is 16.9. The second kappa shape index (κ2) is 7.86. The van der Waals surface area contributed by atoms with E-state index in [1.807, 2.05) is 34.8 Å². The quantitative estimate of drug-likeness (QED) is 0.697. The molecule has 0 aliphatic heterocycles. The Morgan fingerprint density at radius 1 is 1.15 bits per heavy atom. The van der Waals surface area contributed by atoms with Crippen molar-refractivity contribution in [3.05, 3.63) is 54.4 Å². The minimum Gasteiger partial charge on any atom is -0.353 e. The number of aryl methyl sites for hydroxylation is 1. The molecule has 3 rings (SSSR count). The Hall–Kier alpha value is -2.12. The van der Waals surface area contributed by atoms with Gasteiger partial charge in [-0.2, -0.15) is 4.31 Å². The van der Waals surface area contributed by atoms with E-state index in [0.29, 0.717) is 6.54 Å². The summed E-state index contributed by atoms with van der Waals surface area (Å²) in [6, 6.07) is 12.1. The van der Waals surface area contributed by atoms with Gasteiger partial charge in [-0.05, 0) is 51.0 Å². The van der Waals surface area contributed by atoms with E-state index in [9.17, 15) is 13.2 Å². The van der Waals surface area contributed by atoms with Crippen molar-refractivity contribution in [1.29, 1.82) is 0 Å². The maximum absolute atomic E-state index is 13.1. The maximum atomic E-state index is 13.1. The highest BCUT2D eigenvalue weighted by Gasteiger charge is 2.36. The lowest BCUT2D eigenvalue weighted by atomic mass is 10.3. The summed E-state index contributed by atoms with van der Waals surface area (Å²) in [5.41, 5.74) is 1.04. The van der Waals surface area contributed by atoms with Crippen LogP contribution in [0.2, 0.25) is 0 Å². The average Bonchev–Trinajstić information content (AvgIpc) is 3.40. The molecule has 0 saturated heterocycles. The van der Waals surface area contributed by atoms with Crippen LogP contribution in [-0.2, 0) is 28.4 Å². The smallest absolute Gasteiger partial charge is 0.243 e. The summed E-state index contributed by atoms with van der Waals surface area (Å²) in [6.07, 6.45) is 3.90. The zero-order valence-electron chi connectivity index (χ0n) is 16.1. The van der Waals surface area contributed by atoms with Crippen LogP contribution < -0.4 is 0 Å². The lowest BCUT2D eigenvalue weighted by Gasteiger charge is -2.29. The van der Waals surface area contributed by atoms with Crippen LogP contribution in [0.25, 0.3) is 0 Å². The van der Waals surface area contributed by atoms with Crippen molar-refractivity contribution in [3.63, 3.8) is 0 Å². The normalized spacial score (nSPS) is 14.7. The number of aromatic nitrogens is 1. The van der Waals surface area contributed by atoms with E-state index in [2.05, 4.69) is 0 Å². The van der Waals surface area contributed by atoms with Crippen LogP contribution in [0.5, 0.6) is 0 Å². The summed E-state index contributed by atoms with van der Waals surface area (Å²) in [6.45, 7) is 3.96. The molecule has 0 bridgehead atoms. The molecule has 0 unspecified atom stereocenters. The first-order chi connectivity index (χ1) is 12.8. The molecule has 1 aliphatic rings. The molecular weight excluding hydrogens is 362 g/mol. The molecule has 1 aromatic heterocycles. The van der Waals surface area contributed by atoms with Crippen LogP contribution in [0, 0.1) is 0 Å². The first-order valence-electron chi connectivity index (χ1n) is 9.27. The van der Waals surface area contributed by atoms with Crippen molar-refractivity contribution in [2.24, 2.45) is 7.05 Å². The highest BCUT2D eigenvalue weighted by molar-refractivity contribution is 7.89. The Morgan fingerprint density at radius 2 is 1.81 bits per heavy atom. The lowest BCUT2D eigenvalue weighted by molar-refractivity contribution is -0.133. The number of carbonyl (C=O) groups excluding carboxylic acids is 1. The number of hydrogen-bond acceptors (Lipinski definition) is 3. The van der Waals surface area contributed by atoms with Gasteiger partial charge in [-0.1, -0.05) is 18.2 Å². The summed E-state index contributed by atoms with van der Waals surface area (Å²) in [4.78, 5) is 15.1. The number of amides is 1. The van der Waals surface area contributed by atoms with Gasteiger partial charge in [-0.25, -0.2) is 8.42 Å². The number of benzene rings is 1. The SMILES string of the molecule is CC(C)N(CC(=O)N(Cc1cccn1C)C1CC1)S(=O)(=O)c1ccccc1. The van der Waals surface area contributed by atoms with Gasteiger partial charge >= 0.3 is 0 Å². The van der Waals surface area contributed by atoms with E-state index in [-0.39, 0.29) is 29.4 Å². The van der Waals surface area contributed by atoms with Crippen LogP contribution in [-0.4, -0.2) is 46.7 Å². The van der Waals surface area contributed by atoms with E-state index in [4.69, 9.17) is 0 Å². The Bertz CT molecular complexity index is 886. The number of rotatable bonds is 8. The average molecular weight is 390 g/mol. The van der Waals surface area contributed by atoms with Crippen molar-refractivity contribution in [2.45, 2.75) is 50.2 Å². The minimum absolute atomic E-state index is 0.143. The Morgan fingerprint density at radius 3 is 2.33 bits per heavy atom. The summed E-state index contributed by atoms with van der Waals surface area (Å²) in [7, 11) is -1.77. The lowest BCUT2D eigenvalue weighted by Crippen LogP contribution is -2.46. The van der Waals surface area contributed by atoms with E-state index in [1.165, 1.54) is 4.31 Å². The number of nitrogens with zero attached hydrogens (tertiary/aromatic N) is 3. The Kier molecular flexibility index (Phi) is 5.72. The molecule has 1 heterocycles. The van der Waals surface area contributed by atoms with Crippen LogP contribution in [0.4, 0.5) is 0 Å². The highest BCUT2D eigenvalue weighted by atomic mass is 32.2. The highest BCUT2D eigenvalue weighted by Crippen LogP contribution is 2.29. The molecule has 27 heavy (non-hydrogen) atoms. The first-order valence-corrected chi connectivity index (χ1v) is 10.7. The molecule has 0 atom stereocenters. The van der Waals surface area contributed by atoms with Crippen molar-refractivity contribution in [3.8, 4) is 0 Å². The molecule has 1 amide bonds. The van der Waals surface area contributed by atoms with Gasteiger partial charge in [0.25, 0.3) is 0 Å². The second-order valence-electron chi connectivity index (χ2n) is 7.32. The van der Waals surface area contributed by atoms with Gasteiger partial charge in [0.2, 0.25) is 15.9 Å². The maximum Gasteiger partial charge on any atom is 0.243 e. The molecule has 1 aliphatic carbocycles. The molecule has 0 spiro atoms. The molecule has 0 N–H and O–H groups in total. The molecule has 7 heteroatoms. The molecule has 1 aromatic carbocycles. The van der Waals surface area contributed by atoms with Gasteiger partial charge in [-0.15, -0.1) is 0 Å². The van der Waals surface area contributed by atoms with Crippen molar-refractivity contribution in [1.82, 2.24) is 13.8 Å². The molecule has 1 fully saturated rings. The van der Waals surface area contributed by atoms with Gasteiger partial charge in [0.1, 0.15) is 0 Å². The molecule has 1 saturated carbocycles. The number of carbonyl (C=O) groups is 1. The van der Waals surface area contributed by atoms with Gasteiger partial charge in [-0.3, -0.25) is 4.79 Å². The van der Waals surface area contributed by atoms with Crippen molar-refractivity contribution in [2.75, 3.05) is 6.54 Å². The third-order valence-corrected chi connectivity index (χ3v) is 6.94. The zero-order chi connectivity index (χ0) is 19.6. The monoisotopic (exact) mass is 389 g/mol. The third-order valence-electron chi connectivity index (χ3n) is 4.91. The third kappa shape index (κ3) is 4.42. The van der Waals surface area contributed by atoms with Crippen LogP contribution in [0.3, 0.4) is 0 Å². The fourth-order valence-electron chi connectivity index (χ4n) is 3.14. The number of hydrogen-bond donors (Lipinski definition) is 0. The minimum atomic E-state index is -3.72. The number of sulfonamides is 1. The molecule has 146 valence electrons. The van der Waals surface area contributed by atoms with Gasteiger partial charge in [0.05, 0.1) is 18.0 Å². The van der Waals surface area contributed by atoms with Gasteiger partial charge in [0, 0.05) is 31.0 Å². The van der Waals surface area contributed by atoms with Crippen LogP contribution in [0.1, 0.15) is 32.4 Å². The standard InChI is InChI=1S/C20H27N3O3S/c1-16(2)23(27(25,26)19-9-5-4-6-10-19)15-20(24)22(17-11-12-17)14-18-8-7-13-21(18)3/h4-10,13,16-17H,11-12,14-15H2,1-3H3. The summed E-state index contributed by atoms with van der Waals surface area (Å²) in [5.74, 6) is -0.146. The van der Waals surface area contributed by atoms with E-state index in [0.717, 1.165) is 18.5 Å². The Balaban J connectivity index is 1.81.